The van der Waals surface area contributed by atoms with Crippen LogP contribution in [0.2, 0.25) is 0 Å². The molecule has 0 radical (unpaired) electrons. The molecule has 2 aliphatic rings. The van der Waals surface area contributed by atoms with Gasteiger partial charge in [-0.1, -0.05) is 6.92 Å². The summed E-state index contributed by atoms with van der Waals surface area (Å²) in [5, 5.41) is 12.3. The van der Waals surface area contributed by atoms with Crippen molar-refractivity contribution in [1.29, 1.82) is 0 Å². The van der Waals surface area contributed by atoms with Gasteiger partial charge in [0.2, 0.25) is 0 Å². The minimum atomic E-state index is -0.782. The summed E-state index contributed by atoms with van der Waals surface area (Å²) in [5.41, 5.74) is -0.810. The fraction of sp³-hybridized carbons (Fsp3) is 0.846. The van der Waals surface area contributed by atoms with Crippen molar-refractivity contribution in [3.63, 3.8) is 0 Å². The highest BCUT2D eigenvalue weighted by Crippen LogP contribution is 2.35. The first-order valence-electron chi connectivity index (χ1n) is 6.71. The maximum Gasteiger partial charge on any atom is 0.317 e. The number of carbonyl (C=O) groups is 2. The van der Waals surface area contributed by atoms with Crippen molar-refractivity contribution in [3.8, 4) is 0 Å². The Labute approximate surface area is 108 Å². The molecule has 0 spiro atoms. The SMILES string of the molecule is CCC1(C(=O)O)CCN(C(=O)NC2(C)CCC2)C1. The van der Waals surface area contributed by atoms with E-state index in [-0.39, 0.29) is 11.6 Å². The molecule has 5 nitrogen and oxygen atoms in total. The molecule has 1 heterocycles. The Morgan fingerprint density at radius 2 is 2.00 bits per heavy atom. The number of urea groups is 1. The second-order valence-corrected chi connectivity index (χ2v) is 5.95. The Kier molecular flexibility index (Phi) is 3.25. The van der Waals surface area contributed by atoms with Crippen LogP contribution >= 0.6 is 0 Å². The number of likely N-dealkylation sites (tertiary alicyclic amines) is 1. The normalized spacial score (nSPS) is 29.8. The lowest BCUT2D eigenvalue weighted by molar-refractivity contribution is -0.148. The number of carboxylic acid groups (broad SMARTS) is 1. The molecule has 5 heteroatoms. The monoisotopic (exact) mass is 254 g/mol. The van der Waals surface area contributed by atoms with E-state index in [1.807, 2.05) is 6.92 Å². The van der Waals surface area contributed by atoms with E-state index in [1.54, 1.807) is 4.90 Å². The molecule has 1 aliphatic carbocycles. The Hall–Kier alpha value is -1.26. The summed E-state index contributed by atoms with van der Waals surface area (Å²) >= 11 is 0. The minimum absolute atomic E-state index is 0.0717. The summed E-state index contributed by atoms with van der Waals surface area (Å²) in [6, 6.07) is -0.103. The van der Waals surface area contributed by atoms with E-state index in [9.17, 15) is 14.7 Å². The van der Waals surface area contributed by atoms with Gasteiger partial charge < -0.3 is 15.3 Å². The van der Waals surface area contributed by atoms with Gasteiger partial charge in [-0.3, -0.25) is 4.79 Å². The van der Waals surface area contributed by atoms with E-state index < -0.39 is 11.4 Å². The van der Waals surface area contributed by atoms with Gasteiger partial charge in [-0.15, -0.1) is 0 Å². The van der Waals surface area contributed by atoms with Crippen LogP contribution in [0.15, 0.2) is 0 Å². The van der Waals surface area contributed by atoms with Crippen molar-refractivity contribution in [3.05, 3.63) is 0 Å². The highest BCUT2D eigenvalue weighted by atomic mass is 16.4. The molecule has 1 saturated carbocycles. The van der Waals surface area contributed by atoms with E-state index in [4.69, 9.17) is 0 Å². The van der Waals surface area contributed by atoms with Crippen LogP contribution in [0, 0.1) is 5.41 Å². The Morgan fingerprint density at radius 3 is 2.39 bits per heavy atom. The van der Waals surface area contributed by atoms with Gasteiger partial charge >= 0.3 is 12.0 Å². The summed E-state index contributed by atoms with van der Waals surface area (Å²) < 4.78 is 0. The van der Waals surface area contributed by atoms with Gasteiger partial charge in [-0.05, 0) is 39.0 Å². The third kappa shape index (κ3) is 2.18. The second kappa shape index (κ2) is 4.44. The zero-order valence-corrected chi connectivity index (χ0v) is 11.2. The highest BCUT2D eigenvalue weighted by molar-refractivity contribution is 5.80. The smallest absolute Gasteiger partial charge is 0.317 e. The number of rotatable bonds is 3. The van der Waals surface area contributed by atoms with E-state index in [1.165, 1.54) is 0 Å². The van der Waals surface area contributed by atoms with Gasteiger partial charge in [-0.25, -0.2) is 4.79 Å². The molecule has 0 aromatic carbocycles. The predicted molar refractivity (Wildman–Crippen MR) is 67.3 cm³/mol. The van der Waals surface area contributed by atoms with E-state index in [0.717, 1.165) is 19.3 Å². The number of carboxylic acids is 1. The number of hydrogen-bond donors (Lipinski definition) is 2. The third-order valence-corrected chi connectivity index (χ3v) is 4.64. The van der Waals surface area contributed by atoms with Crippen molar-refractivity contribution < 1.29 is 14.7 Å². The lowest BCUT2D eigenvalue weighted by Gasteiger charge is -2.40. The average molecular weight is 254 g/mol. The molecule has 1 atom stereocenters. The topological polar surface area (TPSA) is 69.6 Å². The number of hydrogen-bond acceptors (Lipinski definition) is 2. The van der Waals surface area contributed by atoms with Crippen LogP contribution in [-0.4, -0.2) is 40.6 Å². The third-order valence-electron chi connectivity index (χ3n) is 4.64. The summed E-state index contributed by atoms with van der Waals surface area (Å²) in [4.78, 5) is 25.1. The number of carbonyl (C=O) groups excluding carboxylic acids is 1. The zero-order valence-electron chi connectivity index (χ0n) is 11.2. The number of nitrogens with zero attached hydrogens (tertiary/aromatic N) is 1. The minimum Gasteiger partial charge on any atom is -0.481 e. The van der Waals surface area contributed by atoms with Crippen LogP contribution < -0.4 is 5.32 Å². The molecular formula is C13H22N2O3. The van der Waals surface area contributed by atoms with Crippen LogP contribution in [0.5, 0.6) is 0 Å². The number of amides is 2. The van der Waals surface area contributed by atoms with Gasteiger partial charge in [0.15, 0.2) is 0 Å². The van der Waals surface area contributed by atoms with Crippen LogP contribution in [-0.2, 0) is 4.79 Å². The van der Waals surface area contributed by atoms with Gasteiger partial charge in [0.1, 0.15) is 0 Å². The van der Waals surface area contributed by atoms with Crippen LogP contribution in [0.4, 0.5) is 4.79 Å². The molecular weight excluding hydrogens is 232 g/mol. The molecule has 18 heavy (non-hydrogen) atoms. The van der Waals surface area contributed by atoms with Gasteiger partial charge in [0, 0.05) is 18.6 Å². The molecule has 0 aromatic rings. The van der Waals surface area contributed by atoms with Crippen molar-refractivity contribution >= 4 is 12.0 Å². The molecule has 2 fully saturated rings. The standard InChI is InChI=1S/C13H22N2O3/c1-3-13(10(16)17)7-8-15(9-13)11(18)14-12(2)5-4-6-12/h3-9H2,1-2H3,(H,14,18)(H,16,17). The first-order chi connectivity index (χ1) is 8.41. The molecule has 2 rings (SSSR count). The molecule has 2 amide bonds. The summed E-state index contributed by atoms with van der Waals surface area (Å²) in [6.45, 7) is 4.81. The quantitative estimate of drug-likeness (QED) is 0.807. The summed E-state index contributed by atoms with van der Waals surface area (Å²) in [6.07, 6.45) is 4.33. The molecule has 0 aromatic heterocycles. The maximum atomic E-state index is 12.1. The molecule has 2 N–H and O–H groups in total. The fourth-order valence-electron chi connectivity index (χ4n) is 2.83. The van der Waals surface area contributed by atoms with E-state index in [2.05, 4.69) is 12.2 Å². The van der Waals surface area contributed by atoms with E-state index in [0.29, 0.717) is 25.9 Å². The van der Waals surface area contributed by atoms with Gasteiger partial charge in [0.05, 0.1) is 5.41 Å². The lowest BCUT2D eigenvalue weighted by Crippen LogP contribution is -2.55. The Morgan fingerprint density at radius 1 is 1.33 bits per heavy atom. The number of nitrogens with one attached hydrogen (secondary N) is 1. The molecule has 0 bridgehead atoms. The van der Waals surface area contributed by atoms with Crippen molar-refractivity contribution in [1.82, 2.24) is 10.2 Å². The van der Waals surface area contributed by atoms with Crippen LogP contribution in [0.3, 0.4) is 0 Å². The van der Waals surface area contributed by atoms with Crippen LogP contribution in [0.25, 0.3) is 0 Å². The molecule has 1 unspecified atom stereocenters. The fourth-order valence-corrected chi connectivity index (χ4v) is 2.83. The zero-order chi connectivity index (χ0) is 13.4. The predicted octanol–water partition coefficient (Wildman–Crippen LogP) is 1.83. The second-order valence-electron chi connectivity index (χ2n) is 5.95. The Balaban J connectivity index is 1.95. The first-order valence-corrected chi connectivity index (χ1v) is 6.71. The molecule has 1 saturated heterocycles. The van der Waals surface area contributed by atoms with Crippen molar-refractivity contribution in [2.24, 2.45) is 5.41 Å². The van der Waals surface area contributed by atoms with Crippen molar-refractivity contribution in [2.75, 3.05) is 13.1 Å². The van der Waals surface area contributed by atoms with E-state index >= 15 is 0 Å². The summed E-state index contributed by atoms with van der Waals surface area (Å²) in [5.74, 6) is -0.782. The van der Waals surface area contributed by atoms with Crippen LogP contribution in [0.1, 0.15) is 46.0 Å². The highest BCUT2D eigenvalue weighted by Gasteiger charge is 2.45. The maximum absolute atomic E-state index is 12.1. The van der Waals surface area contributed by atoms with Gasteiger partial charge in [0.25, 0.3) is 0 Å². The largest absolute Gasteiger partial charge is 0.481 e. The Bertz CT molecular complexity index is 365. The average Bonchev–Trinajstić information content (AvgIpc) is 2.72. The first kappa shape index (κ1) is 13.2. The molecule has 1 aliphatic heterocycles. The number of aliphatic carboxylic acids is 1. The van der Waals surface area contributed by atoms with Gasteiger partial charge in [-0.2, -0.15) is 0 Å². The van der Waals surface area contributed by atoms with Crippen molar-refractivity contribution in [2.45, 2.75) is 51.5 Å². The summed E-state index contributed by atoms with van der Waals surface area (Å²) in [7, 11) is 0. The molecule has 102 valence electrons. The lowest BCUT2D eigenvalue weighted by atomic mass is 9.79.